The fraction of sp³-hybridized carbons (Fsp3) is 0.895. The molecule has 0 bridgehead atoms. The van der Waals surface area contributed by atoms with E-state index in [9.17, 15) is 0 Å². The summed E-state index contributed by atoms with van der Waals surface area (Å²) >= 11 is 0. The van der Waals surface area contributed by atoms with Crippen molar-refractivity contribution in [1.82, 2.24) is 9.97 Å². The highest BCUT2D eigenvalue weighted by Gasteiger charge is 2.14. The molecule has 0 saturated carbocycles. The second kappa shape index (κ2) is 28.2. The number of hydrogen-bond acceptors (Lipinski definition) is 2. The van der Waals surface area contributed by atoms with E-state index in [1.807, 2.05) is 0 Å². The predicted octanol–water partition coefficient (Wildman–Crippen LogP) is 12.9. The Bertz CT molecular complexity index is 626. The normalized spacial score (nSPS) is 11.5. The Morgan fingerprint density at radius 3 is 0.950 bits per heavy atom. The van der Waals surface area contributed by atoms with Crippen molar-refractivity contribution in [3.05, 3.63) is 22.8 Å². The number of aromatic nitrogens is 2. The molecular weight excluding hydrogens is 484 g/mol. The first-order valence-electron chi connectivity index (χ1n) is 18.6. The molecule has 40 heavy (non-hydrogen) atoms. The van der Waals surface area contributed by atoms with Crippen LogP contribution in [0.3, 0.4) is 0 Å². The molecule has 0 amide bonds. The number of aryl methyl sites for hydroxylation is 3. The summed E-state index contributed by atoms with van der Waals surface area (Å²) in [5.74, 6) is 1.14. The maximum Gasteiger partial charge on any atom is 0.128 e. The van der Waals surface area contributed by atoms with Crippen molar-refractivity contribution in [1.29, 1.82) is 0 Å². The van der Waals surface area contributed by atoms with Crippen molar-refractivity contribution in [3.63, 3.8) is 0 Å². The molecule has 2 nitrogen and oxygen atoms in total. The first kappa shape index (κ1) is 37.1. The van der Waals surface area contributed by atoms with E-state index in [0.29, 0.717) is 0 Å². The van der Waals surface area contributed by atoms with Crippen LogP contribution < -0.4 is 0 Å². The summed E-state index contributed by atoms with van der Waals surface area (Å²) in [6.45, 7) is 9.22. The van der Waals surface area contributed by atoms with Gasteiger partial charge in [-0.05, 0) is 50.5 Å². The van der Waals surface area contributed by atoms with Crippen LogP contribution in [0, 0.1) is 0 Å². The third-order valence-electron chi connectivity index (χ3n) is 8.79. The minimum absolute atomic E-state index is 1.06. The summed E-state index contributed by atoms with van der Waals surface area (Å²) in [6.07, 6.45) is 40.4. The van der Waals surface area contributed by atoms with Crippen LogP contribution in [0.4, 0.5) is 0 Å². The minimum Gasteiger partial charge on any atom is -0.238 e. The van der Waals surface area contributed by atoms with E-state index in [1.54, 1.807) is 5.56 Å². The number of rotatable bonds is 30. The molecule has 1 aromatic heterocycles. The maximum absolute atomic E-state index is 5.25. The van der Waals surface area contributed by atoms with Crippen LogP contribution >= 0.6 is 0 Å². The lowest BCUT2D eigenvalue weighted by Gasteiger charge is -2.16. The monoisotopic (exact) mass is 557 g/mol. The summed E-state index contributed by atoms with van der Waals surface area (Å²) in [6, 6.07) is 0. The fourth-order valence-electron chi connectivity index (χ4n) is 6.08. The van der Waals surface area contributed by atoms with E-state index in [-0.39, 0.29) is 0 Å². The molecule has 0 unspecified atom stereocenters. The Kier molecular flexibility index (Phi) is 26.2. The van der Waals surface area contributed by atoms with Gasteiger partial charge in [-0.2, -0.15) is 0 Å². The maximum atomic E-state index is 5.25. The molecule has 0 aliphatic heterocycles. The number of unbranched alkanes of at least 4 members (excludes halogenated alkanes) is 22. The smallest absolute Gasteiger partial charge is 0.128 e. The molecule has 0 aliphatic carbocycles. The van der Waals surface area contributed by atoms with E-state index >= 15 is 0 Å². The first-order valence-corrected chi connectivity index (χ1v) is 18.6. The average Bonchev–Trinajstić information content (AvgIpc) is 2.96. The van der Waals surface area contributed by atoms with Crippen LogP contribution in [0.15, 0.2) is 0 Å². The molecule has 1 aromatic rings. The van der Waals surface area contributed by atoms with Crippen LogP contribution in [0.2, 0.25) is 0 Å². The zero-order valence-corrected chi connectivity index (χ0v) is 28.1. The molecule has 0 spiro atoms. The van der Waals surface area contributed by atoms with Gasteiger partial charge in [0.05, 0.1) is 0 Å². The van der Waals surface area contributed by atoms with Gasteiger partial charge in [-0.1, -0.05) is 169 Å². The molecule has 1 heterocycles. The highest BCUT2D eigenvalue weighted by molar-refractivity contribution is 5.27. The van der Waals surface area contributed by atoms with Crippen molar-refractivity contribution >= 4 is 0 Å². The van der Waals surface area contributed by atoms with Crippen molar-refractivity contribution in [3.8, 4) is 0 Å². The predicted molar refractivity (Wildman–Crippen MR) is 180 cm³/mol. The average molecular weight is 557 g/mol. The highest BCUT2D eigenvalue weighted by Crippen LogP contribution is 2.22. The molecule has 0 aliphatic rings. The molecule has 0 aromatic carbocycles. The summed E-state index contributed by atoms with van der Waals surface area (Å²) in [5, 5.41) is 0. The van der Waals surface area contributed by atoms with Crippen molar-refractivity contribution in [2.45, 2.75) is 220 Å². The summed E-state index contributed by atoms with van der Waals surface area (Å²) in [7, 11) is 0. The molecule has 234 valence electrons. The lowest BCUT2D eigenvalue weighted by atomic mass is 9.96. The summed E-state index contributed by atoms with van der Waals surface area (Å²) in [5.41, 5.74) is 4.44. The quantitative estimate of drug-likeness (QED) is 0.0880. The second-order valence-corrected chi connectivity index (χ2v) is 12.8. The van der Waals surface area contributed by atoms with Crippen molar-refractivity contribution in [2.24, 2.45) is 0 Å². The lowest BCUT2D eigenvalue weighted by Crippen LogP contribution is -2.11. The standard InChI is InChI=1S/C38H72N2/c1-5-9-13-16-19-22-25-28-31-35-36(32-29-26-23-20-17-14-10-6-2)39-38(34-12-8-4)40-37(35)33-30-27-24-21-18-15-11-7-3/h5-34H2,1-4H3. The fourth-order valence-corrected chi connectivity index (χ4v) is 6.08. The Morgan fingerprint density at radius 1 is 0.300 bits per heavy atom. The summed E-state index contributed by atoms with van der Waals surface area (Å²) in [4.78, 5) is 10.5. The molecule has 0 atom stereocenters. The third-order valence-corrected chi connectivity index (χ3v) is 8.79. The Hall–Kier alpha value is -0.920. The molecule has 1 rings (SSSR count). The number of hydrogen-bond donors (Lipinski definition) is 0. The van der Waals surface area contributed by atoms with E-state index in [4.69, 9.17) is 9.97 Å². The first-order chi connectivity index (χ1) is 19.8. The van der Waals surface area contributed by atoms with Gasteiger partial charge in [-0.15, -0.1) is 0 Å². The van der Waals surface area contributed by atoms with E-state index < -0.39 is 0 Å². The second-order valence-electron chi connectivity index (χ2n) is 12.8. The molecular formula is C38H72N2. The Balaban J connectivity index is 2.76. The minimum atomic E-state index is 1.06. The van der Waals surface area contributed by atoms with Gasteiger partial charge in [-0.3, -0.25) is 0 Å². The summed E-state index contributed by atoms with van der Waals surface area (Å²) < 4.78 is 0. The van der Waals surface area contributed by atoms with Gasteiger partial charge in [0.2, 0.25) is 0 Å². The zero-order valence-electron chi connectivity index (χ0n) is 28.1. The topological polar surface area (TPSA) is 25.8 Å². The molecule has 0 radical (unpaired) electrons. The highest BCUT2D eigenvalue weighted by atomic mass is 14.9. The van der Waals surface area contributed by atoms with Gasteiger partial charge in [0.1, 0.15) is 5.82 Å². The van der Waals surface area contributed by atoms with Gasteiger partial charge in [0.25, 0.3) is 0 Å². The van der Waals surface area contributed by atoms with Crippen molar-refractivity contribution < 1.29 is 0 Å². The van der Waals surface area contributed by atoms with Crippen LogP contribution in [0.1, 0.15) is 217 Å². The van der Waals surface area contributed by atoms with Crippen LogP contribution in [0.5, 0.6) is 0 Å². The molecule has 0 fully saturated rings. The van der Waals surface area contributed by atoms with E-state index in [1.165, 1.54) is 198 Å². The van der Waals surface area contributed by atoms with Crippen LogP contribution in [-0.2, 0) is 25.7 Å². The third kappa shape index (κ3) is 20.0. The van der Waals surface area contributed by atoms with E-state index in [2.05, 4.69) is 27.7 Å². The largest absolute Gasteiger partial charge is 0.238 e. The molecule has 2 heteroatoms. The Labute approximate surface area is 252 Å². The lowest BCUT2D eigenvalue weighted by molar-refractivity contribution is 0.560. The van der Waals surface area contributed by atoms with Gasteiger partial charge in [0.15, 0.2) is 0 Å². The van der Waals surface area contributed by atoms with Gasteiger partial charge in [-0.25, -0.2) is 9.97 Å². The zero-order chi connectivity index (χ0) is 28.9. The number of nitrogens with zero attached hydrogens (tertiary/aromatic N) is 2. The Morgan fingerprint density at radius 2 is 0.600 bits per heavy atom. The SMILES string of the molecule is CCCCCCCCCCc1nc(CCCC)nc(CCCCCCCCCC)c1CCCCCCCCCC. The van der Waals surface area contributed by atoms with Crippen LogP contribution in [-0.4, -0.2) is 9.97 Å². The van der Waals surface area contributed by atoms with Gasteiger partial charge < -0.3 is 0 Å². The van der Waals surface area contributed by atoms with Crippen molar-refractivity contribution in [2.75, 3.05) is 0 Å². The molecule has 0 N–H and O–H groups in total. The van der Waals surface area contributed by atoms with E-state index in [0.717, 1.165) is 12.2 Å². The van der Waals surface area contributed by atoms with Gasteiger partial charge in [0, 0.05) is 17.8 Å². The van der Waals surface area contributed by atoms with Crippen LogP contribution in [0.25, 0.3) is 0 Å². The molecule has 0 saturated heterocycles. The van der Waals surface area contributed by atoms with Gasteiger partial charge >= 0.3 is 0 Å².